The van der Waals surface area contributed by atoms with Crippen LogP contribution in [0.15, 0.2) is 23.1 Å². The van der Waals surface area contributed by atoms with Crippen molar-refractivity contribution in [3.05, 3.63) is 23.1 Å². The summed E-state index contributed by atoms with van der Waals surface area (Å²) in [5, 5.41) is 3.23. The summed E-state index contributed by atoms with van der Waals surface area (Å²) in [6.07, 6.45) is 4.15. The molecule has 0 aliphatic rings. The van der Waals surface area contributed by atoms with Crippen LogP contribution in [-0.4, -0.2) is 33.6 Å². The molecule has 0 atom stereocenters. The summed E-state index contributed by atoms with van der Waals surface area (Å²) in [7, 11) is 1.56. The Kier molecular flexibility index (Phi) is 4.62. The van der Waals surface area contributed by atoms with Crippen LogP contribution < -0.4 is 10.1 Å². The number of nitrogens with zero attached hydrogens (tertiary/aromatic N) is 4. The van der Waals surface area contributed by atoms with Crippen LogP contribution in [0.4, 0.5) is 5.82 Å². The molecule has 0 fully saturated rings. The van der Waals surface area contributed by atoms with E-state index in [9.17, 15) is 0 Å². The van der Waals surface area contributed by atoms with E-state index >= 15 is 0 Å². The van der Waals surface area contributed by atoms with Crippen LogP contribution in [0.5, 0.6) is 5.88 Å². The maximum absolute atomic E-state index is 5.06. The molecule has 0 aliphatic carbocycles. The zero-order valence-corrected chi connectivity index (χ0v) is 12.3. The maximum Gasteiger partial charge on any atom is 0.216 e. The highest BCUT2D eigenvalue weighted by atomic mass is 79.9. The smallest absolute Gasteiger partial charge is 0.216 e. The topological polar surface area (TPSA) is 72.8 Å². The van der Waals surface area contributed by atoms with E-state index in [0.29, 0.717) is 17.4 Å². The molecule has 6 nitrogen and oxygen atoms in total. The first kappa shape index (κ1) is 13.7. The van der Waals surface area contributed by atoms with Gasteiger partial charge in [-0.2, -0.15) is 0 Å². The van der Waals surface area contributed by atoms with Gasteiger partial charge in [-0.3, -0.25) is 0 Å². The Bertz CT molecular complexity index is 564. The van der Waals surface area contributed by atoms with Crippen molar-refractivity contribution in [3.8, 4) is 17.4 Å². The van der Waals surface area contributed by atoms with Gasteiger partial charge in [-0.25, -0.2) is 19.9 Å². The lowest BCUT2D eigenvalue weighted by molar-refractivity contribution is 0.397. The van der Waals surface area contributed by atoms with Crippen LogP contribution >= 0.6 is 15.9 Å². The Morgan fingerprint density at radius 3 is 2.89 bits per heavy atom. The van der Waals surface area contributed by atoms with Crippen LogP contribution in [0.25, 0.3) is 11.5 Å². The number of nitrogens with one attached hydrogen (secondary N) is 1. The predicted molar refractivity (Wildman–Crippen MR) is 76.1 cm³/mol. The van der Waals surface area contributed by atoms with Crippen molar-refractivity contribution in [3.63, 3.8) is 0 Å². The molecule has 0 saturated carbocycles. The van der Waals surface area contributed by atoms with E-state index in [4.69, 9.17) is 4.74 Å². The van der Waals surface area contributed by atoms with Crippen molar-refractivity contribution in [2.45, 2.75) is 13.3 Å². The molecule has 2 rings (SSSR count). The van der Waals surface area contributed by atoms with Gasteiger partial charge in [-0.1, -0.05) is 6.92 Å². The molecular weight excluding hydrogens is 310 g/mol. The van der Waals surface area contributed by atoms with E-state index in [2.05, 4.69) is 48.1 Å². The molecule has 2 heterocycles. The summed E-state index contributed by atoms with van der Waals surface area (Å²) < 4.78 is 5.89. The van der Waals surface area contributed by atoms with Crippen molar-refractivity contribution < 1.29 is 4.74 Å². The molecule has 2 aromatic rings. The van der Waals surface area contributed by atoms with Gasteiger partial charge in [0.25, 0.3) is 0 Å². The highest BCUT2D eigenvalue weighted by molar-refractivity contribution is 9.10. The van der Waals surface area contributed by atoms with Gasteiger partial charge < -0.3 is 10.1 Å². The van der Waals surface area contributed by atoms with E-state index in [0.717, 1.165) is 23.3 Å². The molecule has 0 saturated heterocycles. The van der Waals surface area contributed by atoms with Crippen LogP contribution in [0.3, 0.4) is 0 Å². The minimum atomic E-state index is 0.486. The Morgan fingerprint density at radius 2 is 2.16 bits per heavy atom. The molecule has 0 amide bonds. The van der Waals surface area contributed by atoms with E-state index < -0.39 is 0 Å². The molecule has 0 aromatic carbocycles. The molecular formula is C12H14BrN5O. The fourth-order valence-electron chi connectivity index (χ4n) is 1.43. The highest BCUT2D eigenvalue weighted by Crippen LogP contribution is 2.23. The summed E-state index contributed by atoms with van der Waals surface area (Å²) in [5.41, 5.74) is 0.624. The maximum atomic E-state index is 5.06. The second-order valence-corrected chi connectivity index (χ2v) is 4.62. The number of aromatic nitrogens is 4. The number of hydrogen-bond donors (Lipinski definition) is 1. The van der Waals surface area contributed by atoms with Crippen LogP contribution in [-0.2, 0) is 0 Å². The third-order valence-corrected chi connectivity index (χ3v) is 2.95. The minimum absolute atomic E-state index is 0.486. The SMILES string of the molecule is CCCNc1nc(-c2cc(OC)ncn2)ncc1Br. The number of hydrogen-bond acceptors (Lipinski definition) is 6. The molecule has 0 spiro atoms. The third-order valence-electron chi connectivity index (χ3n) is 2.37. The number of ether oxygens (including phenoxy) is 1. The van der Waals surface area contributed by atoms with Gasteiger partial charge in [0.05, 0.1) is 11.6 Å². The molecule has 1 N–H and O–H groups in total. The largest absolute Gasteiger partial charge is 0.481 e. The monoisotopic (exact) mass is 323 g/mol. The second kappa shape index (κ2) is 6.42. The molecule has 0 unspecified atom stereocenters. The number of methoxy groups -OCH3 is 1. The molecule has 0 radical (unpaired) electrons. The minimum Gasteiger partial charge on any atom is -0.481 e. The number of anilines is 1. The predicted octanol–water partition coefficient (Wildman–Crippen LogP) is 2.53. The standard InChI is InChI=1S/C12H14BrN5O/c1-3-4-14-11-8(13)6-15-12(18-11)9-5-10(19-2)17-7-16-9/h5-7H,3-4H2,1-2H3,(H,14,15,18). The van der Waals surface area contributed by atoms with E-state index in [1.807, 2.05) is 0 Å². The van der Waals surface area contributed by atoms with Gasteiger partial charge >= 0.3 is 0 Å². The lowest BCUT2D eigenvalue weighted by Gasteiger charge is -2.08. The van der Waals surface area contributed by atoms with Gasteiger partial charge in [0, 0.05) is 18.8 Å². The Hall–Kier alpha value is -1.76. The Morgan fingerprint density at radius 1 is 1.32 bits per heavy atom. The van der Waals surface area contributed by atoms with Gasteiger partial charge in [0.15, 0.2) is 5.82 Å². The fourth-order valence-corrected chi connectivity index (χ4v) is 1.76. The van der Waals surface area contributed by atoms with E-state index in [-0.39, 0.29) is 0 Å². The number of rotatable bonds is 5. The zero-order chi connectivity index (χ0) is 13.7. The van der Waals surface area contributed by atoms with Crippen molar-refractivity contribution >= 4 is 21.7 Å². The second-order valence-electron chi connectivity index (χ2n) is 3.76. The Balaban J connectivity index is 2.33. The first-order valence-electron chi connectivity index (χ1n) is 5.87. The molecule has 19 heavy (non-hydrogen) atoms. The quantitative estimate of drug-likeness (QED) is 0.911. The summed E-state index contributed by atoms with van der Waals surface area (Å²) in [4.78, 5) is 16.8. The van der Waals surface area contributed by atoms with Crippen molar-refractivity contribution in [1.29, 1.82) is 0 Å². The van der Waals surface area contributed by atoms with Gasteiger partial charge in [-0.15, -0.1) is 0 Å². The summed E-state index contributed by atoms with van der Waals surface area (Å²) in [6.45, 7) is 2.94. The molecule has 7 heteroatoms. The van der Waals surface area contributed by atoms with Crippen LogP contribution in [0.1, 0.15) is 13.3 Å². The van der Waals surface area contributed by atoms with Gasteiger partial charge in [-0.05, 0) is 22.4 Å². The summed E-state index contributed by atoms with van der Waals surface area (Å²) >= 11 is 3.42. The van der Waals surface area contributed by atoms with Crippen molar-refractivity contribution in [2.75, 3.05) is 19.0 Å². The first-order chi connectivity index (χ1) is 9.24. The van der Waals surface area contributed by atoms with Gasteiger partial charge in [0.1, 0.15) is 17.8 Å². The number of halogens is 1. The molecule has 0 aliphatic heterocycles. The lowest BCUT2D eigenvalue weighted by atomic mass is 10.3. The van der Waals surface area contributed by atoms with Crippen molar-refractivity contribution in [2.24, 2.45) is 0 Å². The average Bonchev–Trinajstić information content (AvgIpc) is 2.46. The first-order valence-corrected chi connectivity index (χ1v) is 6.66. The summed E-state index contributed by atoms with van der Waals surface area (Å²) in [5.74, 6) is 1.77. The average molecular weight is 324 g/mol. The Labute approximate surface area is 119 Å². The van der Waals surface area contributed by atoms with E-state index in [1.165, 1.54) is 6.33 Å². The third kappa shape index (κ3) is 3.37. The van der Waals surface area contributed by atoms with Crippen LogP contribution in [0.2, 0.25) is 0 Å². The van der Waals surface area contributed by atoms with Gasteiger partial charge in [0.2, 0.25) is 5.88 Å². The van der Waals surface area contributed by atoms with Crippen molar-refractivity contribution in [1.82, 2.24) is 19.9 Å². The van der Waals surface area contributed by atoms with E-state index in [1.54, 1.807) is 19.4 Å². The lowest BCUT2D eigenvalue weighted by Crippen LogP contribution is -2.05. The highest BCUT2D eigenvalue weighted by Gasteiger charge is 2.09. The molecule has 2 aromatic heterocycles. The zero-order valence-electron chi connectivity index (χ0n) is 10.7. The summed E-state index contributed by atoms with van der Waals surface area (Å²) in [6, 6.07) is 1.70. The molecule has 0 bridgehead atoms. The van der Waals surface area contributed by atoms with Crippen LogP contribution in [0, 0.1) is 0 Å². The normalized spacial score (nSPS) is 10.3. The molecule has 100 valence electrons. The fraction of sp³-hybridized carbons (Fsp3) is 0.333.